The van der Waals surface area contributed by atoms with E-state index in [2.05, 4.69) is 20.8 Å². The minimum atomic E-state index is -4.40. The molecular formula is C28H34F3N7O4. The fourth-order valence-corrected chi connectivity index (χ4v) is 4.81. The average molecular weight is 590 g/mol. The van der Waals surface area contributed by atoms with Crippen molar-refractivity contribution in [1.82, 2.24) is 30.0 Å². The third-order valence-corrected chi connectivity index (χ3v) is 7.12. The first-order valence-corrected chi connectivity index (χ1v) is 13.5. The Morgan fingerprint density at radius 1 is 1.24 bits per heavy atom. The number of nitrogens with zero attached hydrogens (tertiary/aromatic N) is 6. The molecule has 1 aliphatic rings. The standard InChI is InChI=1S/C28H34F3N7O4/c1-18-12-38(19(2)16-39)27(41)11-21-10-23(33-26(40)15-37-17-32-34-35-37)8-9-24(21)42-25(18)14-36(3)13-20-4-6-22(7-5-20)28(29,30)31/h4-10,17-19,25,39H,11-16H2,1-3H3,(H,33,40)/t18-,19-,25-/m0/s1. The van der Waals surface area contributed by atoms with Crippen LogP contribution in [0.5, 0.6) is 5.75 Å². The van der Waals surface area contributed by atoms with Gasteiger partial charge in [0.05, 0.1) is 24.6 Å². The molecule has 42 heavy (non-hydrogen) atoms. The van der Waals surface area contributed by atoms with E-state index in [4.69, 9.17) is 4.74 Å². The van der Waals surface area contributed by atoms with Gasteiger partial charge in [-0.25, -0.2) is 4.68 Å². The number of aliphatic hydroxyl groups excluding tert-OH is 1. The first kappa shape index (κ1) is 30.9. The Hall–Kier alpha value is -4.04. The number of ether oxygens (including phenoxy) is 1. The van der Waals surface area contributed by atoms with Gasteiger partial charge in [-0.15, -0.1) is 5.10 Å². The molecule has 2 N–H and O–H groups in total. The minimum Gasteiger partial charge on any atom is -0.488 e. The minimum absolute atomic E-state index is 0.00276. The molecule has 0 saturated heterocycles. The quantitative estimate of drug-likeness (QED) is 0.390. The summed E-state index contributed by atoms with van der Waals surface area (Å²) in [5.74, 6) is -0.214. The number of carbonyl (C=O) groups is 2. The highest BCUT2D eigenvalue weighted by atomic mass is 19.4. The number of likely N-dealkylation sites (N-methyl/N-ethyl adjacent to an activating group) is 1. The average Bonchev–Trinajstić information content (AvgIpc) is 3.45. The summed E-state index contributed by atoms with van der Waals surface area (Å²) in [6.07, 6.45) is -3.48. The van der Waals surface area contributed by atoms with E-state index in [1.165, 1.54) is 23.1 Å². The van der Waals surface area contributed by atoms with Crippen LogP contribution in [0.4, 0.5) is 18.9 Å². The Balaban J connectivity index is 1.54. The van der Waals surface area contributed by atoms with Crippen molar-refractivity contribution in [1.29, 1.82) is 0 Å². The van der Waals surface area contributed by atoms with E-state index in [1.807, 2.05) is 18.9 Å². The van der Waals surface area contributed by atoms with Crippen LogP contribution in [-0.2, 0) is 35.3 Å². The number of nitrogens with one attached hydrogen (secondary N) is 1. The van der Waals surface area contributed by atoms with Gasteiger partial charge in [0.1, 0.15) is 24.7 Å². The smallest absolute Gasteiger partial charge is 0.416 e. The van der Waals surface area contributed by atoms with Crippen LogP contribution in [0.15, 0.2) is 48.8 Å². The third kappa shape index (κ3) is 8.03. The number of benzene rings is 2. The number of hydrogen-bond donors (Lipinski definition) is 2. The molecule has 0 spiro atoms. The van der Waals surface area contributed by atoms with Crippen molar-refractivity contribution in [2.24, 2.45) is 5.92 Å². The molecule has 0 saturated carbocycles. The Morgan fingerprint density at radius 3 is 2.62 bits per heavy atom. The number of alkyl halides is 3. The lowest BCUT2D eigenvalue weighted by Crippen LogP contribution is -2.47. The Bertz CT molecular complexity index is 1350. The Morgan fingerprint density at radius 2 is 1.98 bits per heavy atom. The lowest BCUT2D eigenvalue weighted by molar-refractivity contribution is -0.137. The molecule has 2 aromatic carbocycles. The van der Waals surface area contributed by atoms with Crippen molar-refractivity contribution in [3.63, 3.8) is 0 Å². The highest BCUT2D eigenvalue weighted by Crippen LogP contribution is 2.31. The molecule has 1 aliphatic heterocycles. The number of halogens is 3. The number of hydrogen-bond acceptors (Lipinski definition) is 8. The number of tetrazole rings is 1. The summed E-state index contributed by atoms with van der Waals surface area (Å²) in [6, 6.07) is 9.70. The van der Waals surface area contributed by atoms with Crippen molar-refractivity contribution in [2.75, 3.05) is 32.1 Å². The summed E-state index contributed by atoms with van der Waals surface area (Å²) in [5.41, 5.74) is 1.05. The van der Waals surface area contributed by atoms with E-state index < -0.39 is 23.9 Å². The SMILES string of the molecule is C[C@H]1CN([C@@H](C)CO)C(=O)Cc2cc(NC(=O)Cn3cnnn3)ccc2O[C@H]1CN(C)Cc1ccc(C(F)(F)F)cc1. The second-order valence-corrected chi connectivity index (χ2v) is 10.7. The summed E-state index contributed by atoms with van der Waals surface area (Å²) in [5, 5.41) is 23.3. The molecule has 14 heteroatoms. The number of aromatic nitrogens is 4. The number of amides is 2. The zero-order chi connectivity index (χ0) is 30.4. The largest absolute Gasteiger partial charge is 0.488 e. The van der Waals surface area contributed by atoms with Crippen LogP contribution in [0, 0.1) is 5.92 Å². The monoisotopic (exact) mass is 589 g/mol. The molecule has 0 fully saturated rings. The molecule has 0 unspecified atom stereocenters. The van der Waals surface area contributed by atoms with Gasteiger partial charge in [0.15, 0.2) is 0 Å². The zero-order valence-corrected chi connectivity index (χ0v) is 23.6. The summed E-state index contributed by atoms with van der Waals surface area (Å²) in [7, 11) is 1.85. The highest BCUT2D eigenvalue weighted by molar-refractivity contribution is 5.91. The van der Waals surface area contributed by atoms with E-state index in [1.54, 1.807) is 30.0 Å². The molecule has 2 heterocycles. The van der Waals surface area contributed by atoms with Crippen LogP contribution in [0.2, 0.25) is 0 Å². The van der Waals surface area contributed by atoms with Gasteiger partial charge in [-0.05, 0) is 60.3 Å². The predicted octanol–water partition coefficient (Wildman–Crippen LogP) is 2.61. The van der Waals surface area contributed by atoms with Crippen molar-refractivity contribution >= 4 is 17.5 Å². The fraction of sp³-hybridized carbons (Fsp3) is 0.464. The normalized spacial score (nSPS) is 18.5. The predicted molar refractivity (Wildman–Crippen MR) is 146 cm³/mol. The zero-order valence-electron chi connectivity index (χ0n) is 23.6. The molecule has 11 nitrogen and oxygen atoms in total. The lowest BCUT2D eigenvalue weighted by Gasteiger charge is -2.34. The van der Waals surface area contributed by atoms with Crippen molar-refractivity contribution in [2.45, 2.75) is 51.7 Å². The van der Waals surface area contributed by atoms with Crippen LogP contribution in [-0.4, -0.2) is 85.8 Å². The number of anilines is 1. The molecule has 1 aromatic heterocycles. The molecular weight excluding hydrogens is 555 g/mol. The molecule has 2 amide bonds. The second kappa shape index (κ2) is 13.3. The van der Waals surface area contributed by atoms with E-state index in [0.29, 0.717) is 36.6 Å². The first-order chi connectivity index (χ1) is 19.9. The first-order valence-electron chi connectivity index (χ1n) is 13.5. The summed E-state index contributed by atoms with van der Waals surface area (Å²) in [6.45, 7) is 4.57. The number of fused-ring (bicyclic) bond motifs is 1. The van der Waals surface area contributed by atoms with Gasteiger partial charge in [-0.3, -0.25) is 14.5 Å². The van der Waals surface area contributed by atoms with Crippen LogP contribution in [0.25, 0.3) is 0 Å². The van der Waals surface area contributed by atoms with E-state index in [9.17, 15) is 27.9 Å². The molecule has 3 aromatic rings. The van der Waals surface area contributed by atoms with Gasteiger partial charge in [-0.2, -0.15) is 13.2 Å². The van der Waals surface area contributed by atoms with Gasteiger partial charge in [0, 0.05) is 36.8 Å². The maximum Gasteiger partial charge on any atom is 0.416 e. The van der Waals surface area contributed by atoms with E-state index in [0.717, 1.165) is 17.7 Å². The molecule has 0 radical (unpaired) electrons. The van der Waals surface area contributed by atoms with Gasteiger partial charge in [0.2, 0.25) is 11.8 Å². The van der Waals surface area contributed by atoms with Crippen molar-refractivity contribution in [3.05, 3.63) is 65.5 Å². The van der Waals surface area contributed by atoms with Gasteiger partial charge < -0.3 is 20.1 Å². The van der Waals surface area contributed by atoms with Crippen LogP contribution < -0.4 is 10.1 Å². The van der Waals surface area contributed by atoms with Crippen LogP contribution >= 0.6 is 0 Å². The number of carbonyl (C=O) groups excluding carboxylic acids is 2. The fourth-order valence-electron chi connectivity index (χ4n) is 4.81. The summed E-state index contributed by atoms with van der Waals surface area (Å²) >= 11 is 0. The third-order valence-electron chi connectivity index (χ3n) is 7.12. The molecule has 0 aliphatic carbocycles. The maximum atomic E-state index is 13.4. The van der Waals surface area contributed by atoms with Gasteiger partial charge in [-0.1, -0.05) is 19.1 Å². The van der Waals surface area contributed by atoms with E-state index >= 15 is 0 Å². The highest BCUT2D eigenvalue weighted by Gasteiger charge is 2.32. The summed E-state index contributed by atoms with van der Waals surface area (Å²) in [4.78, 5) is 29.5. The van der Waals surface area contributed by atoms with Crippen LogP contribution in [0.1, 0.15) is 30.5 Å². The molecule has 3 atom stereocenters. The topological polar surface area (TPSA) is 126 Å². The maximum absolute atomic E-state index is 13.4. The number of rotatable bonds is 9. The second-order valence-electron chi connectivity index (χ2n) is 10.7. The van der Waals surface area contributed by atoms with Crippen LogP contribution in [0.3, 0.4) is 0 Å². The van der Waals surface area contributed by atoms with E-state index in [-0.39, 0.29) is 37.3 Å². The molecule has 226 valence electrons. The van der Waals surface area contributed by atoms with Crippen molar-refractivity contribution in [3.8, 4) is 5.75 Å². The molecule has 4 rings (SSSR count). The number of aliphatic hydroxyl groups is 1. The Kier molecular flexibility index (Phi) is 9.78. The van der Waals surface area contributed by atoms with Crippen molar-refractivity contribution < 1.29 is 32.6 Å². The van der Waals surface area contributed by atoms with Gasteiger partial charge in [0.25, 0.3) is 0 Å². The summed E-state index contributed by atoms with van der Waals surface area (Å²) < 4.78 is 46.7. The lowest BCUT2D eigenvalue weighted by atomic mass is 10.0. The molecule has 0 bridgehead atoms. The van der Waals surface area contributed by atoms with Gasteiger partial charge >= 0.3 is 6.18 Å². The Labute approximate surface area is 241 Å².